The predicted molar refractivity (Wildman–Crippen MR) is 61.8 cm³/mol. The zero-order valence-corrected chi connectivity index (χ0v) is 9.99. The predicted octanol–water partition coefficient (Wildman–Crippen LogP) is -0.575. The van der Waals surface area contributed by atoms with Crippen molar-refractivity contribution >= 4 is 17.7 Å². The van der Waals surface area contributed by atoms with Crippen LogP contribution in [-0.2, 0) is 14.4 Å². The number of nitrogens with one attached hydrogen (secondary N) is 2. The van der Waals surface area contributed by atoms with E-state index in [1.54, 1.807) is 0 Å². The van der Waals surface area contributed by atoms with Crippen LogP contribution in [0.4, 0.5) is 0 Å². The summed E-state index contributed by atoms with van der Waals surface area (Å²) in [7, 11) is 0. The second kappa shape index (κ2) is 6.22. The molecule has 1 aliphatic rings. The van der Waals surface area contributed by atoms with Crippen molar-refractivity contribution in [3.63, 3.8) is 0 Å². The molecule has 96 valence electrons. The summed E-state index contributed by atoms with van der Waals surface area (Å²) < 4.78 is 0. The lowest BCUT2D eigenvalue weighted by Gasteiger charge is -2.17. The second-order valence-electron chi connectivity index (χ2n) is 4.26. The fourth-order valence-corrected chi connectivity index (χ4v) is 1.78. The Bertz CT molecular complexity index is 317. The molecule has 6 heteroatoms. The molecular weight excluding hydrogens is 222 g/mol. The van der Waals surface area contributed by atoms with Gasteiger partial charge in [-0.25, -0.2) is 0 Å². The third kappa shape index (κ3) is 4.05. The molecule has 0 radical (unpaired) electrons. The highest BCUT2D eigenvalue weighted by atomic mass is 16.2. The second-order valence-corrected chi connectivity index (χ2v) is 4.26. The average molecular weight is 241 g/mol. The van der Waals surface area contributed by atoms with Crippen LogP contribution < -0.4 is 16.4 Å². The summed E-state index contributed by atoms with van der Waals surface area (Å²) in [6.45, 7) is 2.00. The quantitative estimate of drug-likeness (QED) is 0.580. The van der Waals surface area contributed by atoms with Gasteiger partial charge in [0, 0.05) is 6.42 Å². The molecule has 1 fully saturated rings. The number of carbonyl (C=O) groups is 3. The SMILES string of the molecule is CCCC[C@@H](NC(=O)[C@@H]1CCC(=O)N1)C(N)=O. The smallest absolute Gasteiger partial charge is 0.243 e. The highest BCUT2D eigenvalue weighted by Crippen LogP contribution is 2.08. The van der Waals surface area contributed by atoms with Crippen molar-refractivity contribution in [1.29, 1.82) is 0 Å². The first kappa shape index (κ1) is 13.5. The zero-order valence-electron chi connectivity index (χ0n) is 9.99. The van der Waals surface area contributed by atoms with Gasteiger partial charge in [0.2, 0.25) is 17.7 Å². The molecule has 0 aromatic heterocycles. The van der Waals surface area contributed by atoms with E-state index in [9.17, 15) is 14.4 Å². The van der Waals surface area contributed by atoms with E-state index in [-0.39, 0.29) is 11.8 Å². The van der Waals surface area contributed by atoms with Gasteiger partial charge in [-0.05, 0) is 12.8 Å². The van der Waals surface area contributed by atoms with Crippen molar-refractivity contribution in [2.75, 3.05) is 0 Å². The Kier molecular flexibility index (Phi) is 4.93. The lowest BCUT2D eigenvalue weighted by atomic mass is 10.1. The fourth-order valence-electron chi connectivity index (χ4n) is 1.78. The molecule has 1 heterocycles. The molecule has 1 aliphatic heterocycles. The third-order valence-corrected chi connectivity index (χ3v) is 2.82. The largest absolute Gasteiger partial charge is 0.368 e. The van der Waals surface area contributed by atoms with E-state index in [4.69, 9.17) is 5.73 Å². The first-order valence-electron chi connectivity index (χ1n) is 5.93. The van der Waals surface area contributed by atoms with E-state index in [0.29, 0.717) is 19.3 Å². The Labute approximate surface area is 100 Å². The van der Waals surface area contributed by atoms with Gasteiger partial charge in [0.15, 0.2) is 0 Å². The minimum Gasteiger partial charge on any atom is -0.368 e. The van der Waals surface area contributed by atoms with Crippen LogP contribution in [0.25, 0.3) is 0 Å². The van der Waals surface area contributed by atoms with Gasteiger partial charge in [0.05, 0.1) is 0 Å². The Morgan fingerprint density at radius 3 is 2.76 bits per heavy atom. The Balaban J connectivity index is 2.46. The van der Waals surface area contributed by atoms with E-state index < -0.39 is 18.0 Å². The lowest BCUT2D eigenvalue weighted by molar-refractivity contribution is -0.129. The topological polar surface area (TPSA) is 101 Å². The van der Waals surface area contributed by atoms with Crippen LogP contribution >= 0.6 is 0 Å². The average Bonchev–Trinajstić information content (AvgIpc) is 2.70. The molecule has 1 saturated heterocycles. The molecule has 0 aliphatic carbocycles. The highest BCUT2D eigenvalue weighted by molar-refractivity contribution is 5.93. The summed E-state index contributed by atoms with van der Waals surface area (Å²) in [6, 6.07) is -1.16. The zero-order chi connectivity index (χ0) is 12.8. The van der Waals surface area contributed by atoms with E-state index in [0.717, 1.165) is 12.8 Å². The van der Waals surface area contributed by atoms with Crippen molar-refractivity contribution < 1.29 is 14.4 Å². The number of carbonyl (C=O) groups excluding carboxylic acids is 3. The third-order valence-electron chi connectivity index (χ3n) is 2.82. The maximum absolute atomic E-state index is 11.7. The summed E-state index contributed by atoms with van der Waals surface area (Å²) in [5, 5.41) is 5.14. The Morgan fingerprint density at radius 1 is 1.59 bits per heavy atom. The molecule has 6 nitrogen and oxygen atoms in total. The van der Waals surface area contributed by atoms with Crippen LogP contribution in [0, 0.1) is 0 Å². The minimum absolute atomic E-state index is 0.130. The van der Waals surface area contributed by atoms with Crippen LogP contribution in [-0.4, -0.2) is 29.8 Å². The number of primary amides is 1. The molecule has 0 bridgehead atoms. The van der Waals surface area contributed by atoms with Gasteiger partial charge in [-0.2, -0.15) is 0 Å². The van der Waals surface area contributed by atoms with Crippen molar-refractivity contribution in [2.24, 2.45) is 5.73 Å². The van der Waals surface area contributed by atoms with Crippen molar-refractivity contribution in [1.82, 2.24) is 10.6 Å². The normalized spacial score (nSPS) is 20.8. The van der Waals surface area contributed by atoms with Gasteiger partial charge in [0.25, 0.3) is 0 Å². The summed E-state index contributed by atoms with van der Waals surface area (Å²) in [5.41, 5.74) is 5.21. The highest BCUT2D eigenvalue weighted by Gasteiger charge is 2.29. The molecule has 0 aromatic carbocycles. The number of hydrogen-bond acceptors (Lipinski definition) is 3. The van der Waals surface area contributed by atoms with Crippen molar-refractivity contribution in [3.8, 4) is 0 Å². The molecule has 4 N–H and O–H groups in total. The van der Waals surface area contributed by atoms with Gasteiger partial charge in [0.1, 0.15) is 12.1 Å². The summed E-state index contributed by atoms with van der Waals surface area (Å²) in [6.07, 6.45) is 3.13. The fraction of sp³-hybridized carbons (Fsp3) is 0.727. The van der Waals surface area contributed by atoms with E-state index in [1.165, 1.54) is 0 Å². The van der Waals surface area contributed by atoms with Crippen LogP contribution in [0.3, 0.4) is 0 Å². The lowest BCUT2D eigenvalue weighted by Crippen LogP contribution is -2.50. The van der Waals surface area contributed by atoms with Crippen molar-refractivity contribution in [3.05, 3.63) is 0 Å². The van der Waals surface area contributed by atoms with E-state index >= 15 is 0 Å². The van der Waals surface area contributed by atoms with Gasteiger partial charge in [-0.1, -0.05) is 19.8 Å². The Morgan fingerprint density at radius 2 is 2.29 bits per heavy atom. The molecule has 0 saturated carbocycles. The number of rotatable bonds is 6. The molecule has 0 unspecified atom stereocenters. The molecule has 0 aromatic rings. The molecule has 17 heavy (non-hydrogen) atoms. The van der Waals surface area contributed by atoms with Crippen LogP contribution in [0.5, 0.6) is 0 Å². The maximum Gasteiger partial charge on any atom is 0.243 e. The molecule has 1 rings (SSSR count). The first-order valence-corrected chi connectivity index (χ1v) is 5.93. The number of unbranched alkanes of at least 4 members (excludes halogenated alkanes) is 1. The van der Waals surface area contributed by atoms with Crippen LogP contribution in [0.1, 0.15) is 39.0 Å². The van der Waals surface area contributed by atoms with Gasteiger partial charge < -0.3 is 16.4 Å². The monoisotopic (exact) mass is 241 g/mol. The summed E-state index contributed by atoms with van der Waals surface area (Å²) in [4.78, 5) is 33.8. The summed E-state index contributed by atoms with van der Waals surface area (Å²) >= 11 is 0. The van der Waals surface area contributed by atoms with Crippen LogP contribution in [0.2, 0.25) is 0 Å². The summed E-state index contributed by atoms with van der Waals surface area (Å²) in [5.74, 6) is -0.985. The van der Waals surface area contributed by atoms with Crippen LogP contribution in [0.15, 0.2) is 0 Å². The van der Waals surface area contributed by atoms with E-state index in [1.807, 2.05) is 6.92 Å². The minimum atomic E-state index is -0.639. The van der Waals surface area contributed by atoms with Gasteiger partial charge in [-0.15, -0.1) is 0 Å². The van der Waals surface area contributed by atoms with Gasteiger partial charge >= 0.3 is 0 Å². The first-order chi connectivity index (χ1) is 8.04. The molecule has 2 atom stereocenters. The standard InChI is InChI=1S/C11H19N3O3/c1-2-3-4-7(10(12)16)14-11(17)8-5-6-9(15)13-8/h7-8H,2-6H2,1H3,(H2,12,16)(H,13,15)(H,14,17)/t7-,8+/m1/s1. The van der Waals surface area contributed by atoms with E-state index in [2.05, 4.69) is 10.6 Å². The van der Waals surface area contributed by atoms with Crippen molar-refractivity contribution in [2.45, 2.75) is 51.1 Å². The molecule has 0 spiro atoms. The Hall–Kier alpha value is -1.59. The molecule has 3 amide bonds. The molecular formula is C11H19N3O3. The van der Waals surface area contributed by atoms with Gasteiger partial charge in [-0.3, -0.25) is 14.4 Å². The number of amides is 3. The number of nitrogens with two attached hydrogens (primary N) is 1. The number of hydrogen-bond donors (Lipinski definition) is 3. The maximum atomic E-state index is 11.7.